The first-order valence-corrected chi connectivity index (χ1v) is 9.71. The molecule has 0 bridgehead atoms. The van der Waals surface area contributed by atoms with E-state index in [1.807, 2.05) is 42.5 Å². The number of aromatic nitrogens is 3. The van der Waals surface area contributed by atoms with Crippen LogP contribution in [0.3, 0.4) is 0 Å². The van der Waals surface area contributed by atoms with Crippen molar-refractivity contribution in [3.8, 4) is 17.1 Å². The number of benzene rings is 4. The molecule has 0 saturated heterocycles. The number of para-hydroxylation sites is 4. The van der Waals surface area contributed by atoms with Crippen LogP contribution in [0.4, 0.5) is 0 Å². The van der Waals surface area contributed by atoms with Gasteiger partial charge in [0.1, 0.15) is 5.69 Å². The fraction of sp³-hybridized carbons (Fsp3) is 0. The summed E-state index contributed by atoms with van der Waals surface area (Å²) in [6, 6.07) is 35.3. The van der Waals surface area contributed by atoms with Gasteiger partial charge in [-0.25, -0.2) is 9.97 Å². The van der Waals surface area contributed by atoms with E-state index >= 15 is 0 Å². The molecule has 136 valence electrons. The Labute approximate surface area is 167 Å². The maximum atomic E-state index is 5.09. The van der Waals surface area contributed by atoms with Crippen LogP contribution in [0.25, 0.3) is 49.9 Å². The molecule has 0 fully saturated rings. The molecule has 3 heteroatoms. The maximum absolute atomic E-state index is 5.09. The minimum absolute atomic E-state index is 0.854. The van der Waals surface area contributed by atoms with E-state index in [4.69, 9.17) is 9.97 Å². The summed E-state index contributed by atoms with van der Waals surface area (Å²) < 4.78 is 2.24. The molecule has 0 radical (unpaired) electrons. The summed E-state index contributed by atoms with van der Waals surface area (Å²) in [5, 5.41) is 2.44. The molecule has 0 N–H and O–H groups in total. The van der Waals surface area contributed by atoms with E-state index in [0.717, 1.165) is 39.1 Å². The van der Waals surface area contributed by atoms with Gasteiger partial charge < -0.3 is 0 Å². The van der Waals surface area contributed by atoms with Gasteiger partial charge in [0.15, 0.2) is 5.82 Å². The third-order valence-corrected chi connectivity index (χ3v) is 5.39. The standard InChI is InChI=1S/C26H17N3/c1-2-10-18(11-3-1)25-26(28-22-15-7-6-14-21(22)27-25)29-23-16-8-4-12-19(23)20-13-5-9-17-24(20)29/h1-17H. The smallest absolute Gasteiger partial charge is 0.165 e. The SMILES string of the molecule is c1ccc(-c2nc3ccccc3nc2-n2c3ccccc3c3ccccc32)cc1. The number of rotatable bonds is 2. The monoisotopic (exact) mass is 371 g/mol. The lowest BCUT2D eigenvalue weighted by atomic mass is 10.1. The predicted molar refractivity (Wildman–Crippen MR) is 119 cm³/mol. The Bertz CT molecular complexity index is 1440. The third-order valence-electron chi connectivity index (χ3n) is 5.39. The highest BCUT2D eigenvalue weighted by atomic mass is 15.1. The quantitative estimate of drug-likeness (QED) is 0.353. The molecule has 0 aliphatic rings. The molecular formula is C26H17N3. The van der Waals surface area contributed by atoms with Crippen molar-refractivity contribution in [2.24, 2.45) is 0 Å². The summed E-state index contributed by atoms with van der Waals surface area (Å²) in [5.41, 5.74) is 6.00. The van der Waals surface area contributed by atoms with Crippen LogP contribution in [0.5, 0.6) is 0 Å². The van der Waals surface area contributed by atoms with Crippen molar-refractivity contribution in [1.82, 2.24) is 14.5 Å². The lowest BCUT2D eigenvalue weighted by Gasteiger charge is -2.13. The van der Waals surface area contributed by atoms with Crippen LogP contribution < -0.4 is 0 Å². The summed E-state index contributed by atoms with van der Waals surface area (Å²) in [6.45, 7) is 0. The van der Waals surface area contributed by atoms with Gasteiger partial charge in [0.25, 0.3) is 0 Å². The highest BCUT2D eigenvalue weighted by molar-refractivity contribution is 6.09. The van der Waals surface area contributed by atoms with Gasteiger partial charge in [0.2, 0.25) is 0 Å². The van der Waals surface area contributed by atoms with Crippen molar-refractivity contribution < 1.29 is 0 Å². The molecule has 0 saturated carbocycles. The summed E-state index contributed by atoms with van der Waals surface area (Å²) >= 11 is 0. The first-order valence-electron chi connectivity index (χ1n) is 9.71. The Morgan fingerprint density at radius 3 is 1.66 bits per heavy atom. The molecular weight excluding hydrogens is 354 g/mol. The van der Waals surface area contributed by atoms with Crippen LogP contribution in [0, 0.1) is 0 Å². The summed E-state index contributed by atoms with van der Waals surface area (Å²) in [5.74, 6) is 0.854. The maximum Gasteiger partial charge on any atom is 0.165 e. The zero-order valence-corrected chi connectivity index (χ0v) is 15.7. The van der Waals surface area contributed by atoms with Gasteiger partial charge in [-0.1, -0.05) is 78.9 Å². The first-order chi connectivity index (χ1) is 14.4. The second-order valence-corrected chi connectivity index (χ2v) is 7.12. The molecule has 0 aliphatic heterocycles. The van der Waals surface area contributed by atoms with E-state index in [1.165, 1.54) is 10.8 Å². The summed E-state index contributed by atoms with van der Waals surface area (Å²) in [7, 11) is 0. The highest BCUT2D eigenvalue weighted by Gasteiger charge is 2.18. The molecule has 0 amide bonds. The van der Waals surface area contributed by atoms with Crippen LogP contribution in [-0.4, -0.2) is 14.5 Å². The number of nitrogens with zero attached hydrogens (tertiary/aromatic N) is 3. The number of hydrogen-bond acceptors (Lipinski definition) is 2. The number of hydrogen-bond donors (Lipinski definition) is 0. The van der Waals surface area contributed by atoms with Gasteiger partial charge in [-0.15, -0.1) is 0 Å². The zero-order valence-electron chi connectivity index (χ0n) is 15.7. The van der Waals surface area contributed by atoms with E-state index < -0.39 is 0 Å². The van der Waals surface area contributed by atoms with E-state index in [9.17, 15) is 0 Å². The Balaban J connectivity index is 1.80. The van der Waals surface area contributed by atoms with Gasteiger partial charge in [-0.2, -0.15) is 0 Å². The Kier molecular flexibility index (Phi) is 3.47. The Morgan fingerprint density at radius 2 is 1.00 bits per heavy atom. The second-order valence-electron chi connectivity index (χ2n) is 7.12. The van der Waals surface area contributed by atoms with Crippen molar-refractivity contribution in [2.45, 2.75) is 0 Å². The largest absolute Gasteiger partial charge is 0.292 e. The normalized spacial score (nSPS) is 11.4. The van der Waals surface area contributed by atoms with Crippen LogP contribution in [-0.2, 0) is 0 Å². The molecule has 0 unspecified atom stereocenters. The van der Waals surface area contributed by atoms with Crippen LogP contribution >= 0.6 is 0 Å². The number of fused-ring (bicyclic) bond motifs is 4. The van der Waals surface area contributed by atoms with Gasteiger partial charge >= 0.3 is 0 Å². The average molecular weight is 371 g/mol. The van der Waals surface area contributed by atoms with Crippen molar-refractivity contribution in [2.75, 3.05) is 0 Å². The fourth-order valence-electron chi connectivity index (χ4n) is 4.09. The molecule has 29 heavy (non-hydrogen) atoms. The fourth-order valence-corrected chi connectivity index (χ4v) is 4.09. The van der Waals surface area contributed by atoms with E-state index in [0.29, 0.717) is 0 Å². The van der Waals surface area contributed by atoms with Gasteiger partial charge in [0, 0.05) is 16.3 Å². The van der Waals surface area contributed by atoms with E-state index in [2.05, 4.69) is 65.2 Å². The lowest BCUT2D eigenvalue weighted by Crippen LogP contribution is -2.03. The zero-order chi connectivity index (χ0) is 19.2. The van der Waals surface area contributed by atoms with Crippen molar-refractivity contribution in [3.05, 3.63) is 103 Å². The Hall–Kier alpha value is -3.98. The highest BCUT2D eigenvalue weighted by Crippen LogP contribution is 2.35. The first kappa shape index (κ1) is 16.0. The molecule has 6 aromatic rings. The molecule has 3 nitrogen and oxygen atoms in total. The van der Waals surface area contributed by atoms with E-state index in [1.54, 1.807) is 0 Å². The van der Waals surface area contributed by atoms with Gasteiger partial charge in [-0.05, 0) is 24.3 Å². The van der Waals surface area contributed by atoms with Crippen LogP contribution in [0.2, 0.25) is 0 Å². The van der Waals surface area contributed by atoms with Crippen molar-refractivity contribution in [3.63, 3.8) is 0 Å². The minimum Gasteiger partial charge on any atom is -0.292 e. The minimum atomic E-state index is 0.854. The molecule has 0 aliphatic carbocycles. The molecule has 4 aromatic carbocycles. The van der Waals surface area contributed by atoms with Crippen LogP contribution in [0.15, 0.2) is 103 Å². The topological polar surface area (TPSA) is 30.7 Å². The molecule has 2 heterocycles. The molecule has 2 aromatic heterocycles. The summed E-state index contributed by atoms with van der Waals surface area (Å²) in [6.07, 6.45) is 0. The average Bonchev–Trinajstić information content (AvgIpc) is 3.13. The lowest BCUT2D eigenvalue weighted by molar-refractivity contribution is 1.08. The van der Waals surface area contributed by atoms with Crippen molar-refractivity contribution >= 4 is 32.8 Å². The Morgan fingerprint density at radius 1 is 0.483 bits per heavy atom. The van der Waals surface area contributed by atoms with Gasteiger partial charge in [-0.3, -0.25) is 4.57 Å². The van der Waals surface area contributed by atoms with E-state index in [-0.39, 0.29) is 0 Å². The van der Waals surface area contributed by atoms with Gasteiger partial charge in [0.05, 0.1) is 22.1 Å². The van der Waals surface area contributed by atoms with Crippen LogP contribution in [0.1, 0.15) is 0 Å². The van der Waals surface area contributed by atoms with Crippen molar-refractivity contribution in [1.29, 1.82) is 0 Å². The molecule has 6 rings (SSSR count). The molecule has 0 atom stereocenters. The third kappa shape index (κ3) is 2.44. The summed E-state index contributed by atoms with van der Waals surface area (Å²) in [4.78, 5) is 10.1. The molecule has 0 spiro atoms. The second kappa shape index (κ2) is 6.28. The predicted octanol–water partition coefficient (Wildman–Crippen LogP) is 6.39.